The highest BCUT2D eigenvalue weighted by Gasteiger charge is 2.20. The molecule has 7 heteroatoms. The van der Waals surface area contributed by atoms with Gasteiger partial charge in [-0.3, -0.25) is 4.79 Å². The molecule has 0 aliphatic rings. The van der Waals surface area contributed by atoms with E-state index in [1.807, 2.05) is 38.2 Å². The standard InChI is InChI=1S/C25H32N4O2S/c1-7-28(5)23(30)20-14-13-19(31-20)17-32-24-26-21(25(2,3)4)15-22(27-24)29(6)16-18-11-9-8-10-12-18/h8-15H,7,16-17H2,1-6H3. The quantitative estimate of drug-likeness (QED) is 0.337. The normalized spacial score (nSPS) is 11.4. The van der Waals surface area contributed by atoms with Gasteiger partial charge < -0.3 is 14.2 Å². The zero-order valence-electron chi connectivity index (χ0n) is 19.8. The molecule has 6 nitrogen and oxygen atoms in total. The predicted octanol–water partition coefficient (Wildman–Crippen LogP) is 5.39. The highest BCUT2D eigenvalue weighted by Crippen LogP contribution is 2.29. The molecule has 3 aromatic rings. The second kappa shape index (κ2) is 10.2. The highest BCUT2D eigenvalue weighted by atomic mass is 32.2. The molecule has 1 amide bonds. The van der Waals surface area contributed by atoms with E-state index < -0.39 is 0 Å². The van der Waals surface area contributed by atoms with Gasteiger partial charge in [-0.25, -0.2) is 9.97 Å². The topological polar surface area (TPSA) is 62.5 Å². The maximum Gasteiger partial charge on any atom is 0.289 e. The van der Waals surface area contributed by atoms with E-state index >= 15 is 0 Å². The number of anilines is 1. The van der Waals surface area contributed by atoms with Crippen molar-refractivity contribution in [1.82, 2.24) is 14.9 Å². The summed E-state index contributed by atoms with van der Waals surface area (Å²) >= 11 is 1.51. The van der Waals surface area contributed by atoms with Gasteiger partial charge in [-0.1, -0.05) is 62.9 Å². The molecule has 2 aromatic heterocycles. The number of nitrogens with zero attached hydrogens (tertiary/aromatic N) is 4. The molecular formula is C25H32N4O2S. The summed E-state index contributed by atoms with van der Waals surface area (Å²) < 4.78 is 5.77. The number of hydrogen-bond acceptors (Lipinski definition) is 6. The summed E-state index contributed by atoms with van der Waals surface area (Å²) in [6, 6.07) is 16.0. The van der Waals surface area contributed by atoms with E-state index in [-0.39, 0.29) is 11.3 Å². The van der Waals surface area contributed by atoms with Crippen LogP contribution in [-0.2, 0) is 17.7 Å². The average molecular weight is 453 g/mol. The third-order valence-electron chi connectivity index (χ3n) is 5.15. The molecule has 1 aromatic carbocycles. The van der Waals surface area contributed by atoms with Gasteiger partial charge in [-0.05, 0) is 24.6 Å². The molecule has 0 unspecified atom stereocenters. The molecule has 0 atom stereocenters. The molecule has 0 saturated carbocycles. The van der Waals surface area contributed by atoms with Gasteiger partial charge in [0, 0.05) is 38.7 Å². The van der Waals surface area contributed by atoms with E-state index in [0.717, 1.165) is 23.8 Å². The molecule has 0 saturated heterocycles. The number of thioether (sulfide) groups is 1. The van der Waals surface area contributed by atoms with Crippen molar-refractivity contribution in [1.29, 1.82) is 0 Å². The molecule has 3 rings (SSSR count). The first kappa shape index (κ1) is 23.9. The van der Waals surface area contributed by atoms with Crippen molar-refractivity contribution in [3.8, 4) is 0 Å². The Morgan fingerprint density at radius 1 is 1.06 bits per heavy atom. The van der Waals surface area contributed by atoms with Crippen molar-refractivity contribution in [2.24, 2.45) is 0 Å². The summed E-state index contributed by atoms with van der Waals surface area (Å²) in [5, 5.41) is 0.697. The lowest BCUT2D eigenvalue weighted by molar-refractivity contribution is 0.0769. The van der Waals surface area contributed by atoms with E-state index in [1.165, 1.54) is 17.3 Å². The number of aromatic nitrogens is 2. The monoisotopic (exact) mass is 452 g/mol. The van der Waals surface area contributed by atoms with Crippen molar-refractivity contribution in [3.63, 3.8) is 0 Å². The summed E-state index contributed by atoms with van der Waals surface area (Å²) in [5.41, 5.74) is 2.12. The molecule has 0 N–H and O–H groups in total. The molecule has 0 aliphatic carbocycles. The maximum atomic E-state index is 12.3. The second-order valence-corrected chi connectivity index (χ2v) is 9.80. The molecule has 0 fully saturated rings. The molecule has 0 bridgehead atoms. The van der Waals surface area contributed by atoms with Crippen LogP contribution in [0.2, 0.25) is 0 Å². The fourth-order valence-electron chi connectivity index (χ4n) is 3.03. The molecule has 0 radical (unpaired) electrons. The first-order valence-electron chi connectivity index (χ1n) is 10.8. The van der Waals surface area contributed by atoms with E-state index in [2.05, 4.69) is 43.9 Å². The van der Waals surface area contributed by atoms with Gasteiger partial charge in [0.25, 0.3) is 5.91 Å². The summed E-state index contributed by atoms with van der Waals surface area (Å²) in [6.45, 7) is 9.79. The average Bonchev–Trinajstić information content (AvgIpc) is 3.25. The van der Waals surface area contributed by atoms with Crippen molar-refractivity contribution in [3.05, 3.63) is 71.3 Å². The van der Waals surface area contributed by atoms with Crippen molar-refractivity contribution in [2.45, 2.75) is 50.6 Å². The van der Waals surface area contributed by atoms with Crippen molar-refractivity contribution in [2.75, 3.05) is 25.5 Å². The zero-order valence-corrected chi connectivity index (χ0v) is 20.6. The summed E-state index contributed by atoms with van der Waals surface area (Å²) in [6.07, 6.45) is 0. The first-order valence-corrected chi connectivity index (χ1v) is 11.8. The van der Waals surface area contributed by atoms with Crippen LogP contribution < -0.4 is 4.90 Å². The van der Waals surface area contributed by atoms with Crippen LogP contribution in [-0.4, -0.2) is 41.4 Å². The van der Waals surface area contributed by atoms with Crippen LogP contribution in [0, 0.1) is 0 Å². The lowest BCUT2D eigenvalue weighted by atomic mass is 9.92. The lowest BCUT2D eigenvalue weighted by Gasteiger charge is -2.23. The van der Waals surface area contributed by atoms with Crippen LogP contribution in [0.1, 0.15) is 55.3 Å². The second-order valence-electron chi connectivity index (χ2n) is 8.86. The molecule has 32 heavy (non-hydrogen) atoms. The Kier molecular flexibility index (Phi) is 7.61. The summed E-state index contributed by atoms with van der Waals surface area (Å²) in [5.74, 6) is 2.42. The summed E-state index contributed by atoms with van der Waals surface area (Å²) in [4.78, 5) is 25.7. The van der Waals surface area contributed by atoms with Crippen LogP contribution in [0.5, 0.6) is 0 Å². The smallest absolute Gasteiger partial charge is 0.289 e. The maximum absolute atomic E-state index is 12.3. The van der Waals surface area contributed by atoms with E-state index in [9.17, 15) is 4.79 Å². The molecular weight excluding hydrogens is 420 g/mol. The number of rotatable bonds is 8. The minimum absolute atomic E-state index is 0.102. The highest BCUT2D eigenvalue weighted by molar-refractivity contribution is 7.98. The third kappa shape index (κ3) is 6.13. The van der Waals surface area contributed by atoms with Gasteiger partial charge in [0.15, 0.2) is 10.9 Å². The molecule has 2 heterocycles. The zero-order chi connectivity index (χ0) is 23.3. The molecule has 0 aliphatic heterocycles. The van der Waals surface area contributed by atoms with Gasteiger partial charge >= 0.3 is 0 Å². The minimum Gasteiger partial charge on any atom is -0.455 e. The van der Waals surface area contributed by atoms with Gasteiger partial charge in [-0.2, -0.15) is 0 Å². The first-order chi connectivity index (χ1) is 15.2. The van der Waals surface area contributed by atoms with Crippen molar-refractivity contribution >= 4 is 23.5 Å². The largest absolute Gasteiger partial charge is 0.455 e. The fraction of sp³-hybridized carbons (Fsp3) is 0.400. The SMILES string of the molecule is CCN(C)C(=O)c1ccc(CSc2nc(N(C)Cc3ccccc3)cc(C(C)(C)C)n2)o1. The van der Waals surface area contributed by atoms with Gasteiger partial charge in [0.2, 0.25) is 0 Å². The minimum atomic E-state index is -0.112. The van der Waals surface area contributed by atoms with Crippen LogP contribution in [0.3, 0.4) is 0 Å². The number of hydrogen-bond donors (Lipinski definition) is 0. The Morgan fingerprint density at radius 2 is 1.78 bits per heavy atom. The van der Waals surface area contributed by atoms with Crippen LogP contribution in [0.25, 0.3) is 0 Å². The van der Waals surface area contributed by atoms with E-state index in [1.54, 1.807) is 18.0 Å². The Bertz CT molecular complexity index is 1040. The number of carbonyl (C=O) groups is 1. The third-order valence-corrected chi connectivity index (χ3v) is 6.02. The van der Waals surface area contributed by atoms with Crippen LogP contribution >= 0.6 is 11.8 Å². The number of carbonyl (C=O) groups excluding carboxylic acids is 1. The summed E-state index contributed by atoms with van der Waals surface area (Å²) in [7, 11) is 3.81. The van der Waals surface area contributed by atoms with Gasteiger partial charge in [-0.15, -0.1) is 0 Å². The van der Waals surface area contributed by atoms with Crippen molar-refractivity contribution < 1.29 is 9.21 Å². The Labute approximate surface area is 195 Å². The Balaban J connectivity index is 1.78. The fourth-order valence-corrected chi connectivity index (χ4v) is 3.78. The van der Waals surface area contributed by atoms with Gasteiger partial charge in [0.1, 0.15) is 11.6 Å². The number of furan rings is 1. The van der Waals surface area contributed by atoms with E-state index in [4.69, 9.17) is 14.4 Å². The number of amides is 1. The lowest BCUT2D eigenvalue weighted by Crippen LogP contribution is -2.25. The van der Waals surface area contributed by atoms with E-state index in [0.29, 0.717) is 23.2 Å². The van der Waals surface area contributed by atoms with Crippen LogP contribution in [0.15, 0.2) is 58.1 Å². The van der Waals surface area contributed by atoms with Crippen LogP contribution in [0.4, 0.5) is 5.82 Å². The van der Waals surface area contributed by atoms with Gasteiger partial charge in [0.05, 0.1) is 11.4 Å². The Morgan fingerprint density at radius 3 is 2.44 bits per heavy atom. The molecule has 170 valence electrons. The number of benzene rings is 1. The Hall–Kier alpha value is -2.80. The predicted molar refractivity (Wildman–Crippen MR) is 130 cm³/mol. The molecule has 0 spiro atoms.